The number of hydrogen-bond donors (Lipinski definition) is 4. The summed E-state index contributed by atoms with van der Waals surface area (Å²) in [6, 6.07) is -1.44. The summed E-state index contributed by atoms with van der Waals surface area (Å²) in [6.07, 6.45) is 0.190. The second-order valence-corrected chi connectivity index (χ2v) is 4.13. The smallest absolute Gasteiger partial charge is 0.339 e. The lowest BCUT2D eigenvalue weighted by atomic mass is 10.1. The molecule has 0 aliphatic carbocycles. The first-order valence-corrected chi connectivity index (χ1v) is 5.74. The van der Waals surface area contributed by atoms with E-state index in [-0.39, 0.29) is 17.7 Å². The number of rotatable bonds is 7. The number of nitrogens with one attached hydrogen (secondary N) is 1. The fourth-order valence-corrected chi connectivity index (χ4v) is 1.62. The molecule has 0 saturated carbocycles. The third-order valence-electron chi connectivity index (χ3n) is 2.63. The third kappa shape index (κ3) is 4.03. The molecular weight excluding hydrogens is 286 g/mol. The van der Waals surface area contributed by atoms with Crippen LogP contribution in [0.15, 0.2) is 6.20 Å². The van der Waals surface area contributed by atoms with Crippen LogP contribution in [0.5, 0.6) is 0 Å². The van der Waals surface area contributed by atoms with Crippen molar-refractivity contribution in [2.75, 3.05) is 0 Å². The van der Waals surface area contributed by atoms with Gasteiger partial charge in [-0.25, -0.2) is 9.59 Å². The molecule has 1 aromatic rings. The Hall–Kier alpha value is -2.91. The van der Waals surface area contributed by atoms with Gasteiger partial charge in [0.2, 0.25) is 0 Å². The van der Waals surface area contributed by atoms with Crippen molar-refractivity contribution in [3.05, 3.63) is 17.5 Å². The molecule has 0 aromatic carbocycles. The van der Waals surface area contributed by atoms with Crippen LogP contribution >= 0.6 is 0 Å². The van der Waals surface area contributed by atoms with Crippen molar-refractivity contribution in [3.63, 3.8) is 0 Å². The molecule has 114 valence electrons. The summed E-state index contributed by atoms with van der Waals surface area (Å²) < 4.78 is 0.995. The number of aliphatic carboxylic acids is 2. The van der Waals surface area contributed by atoms with Crippen molar-refractivity contribution < 1.29 is 34.5 Å². The SMILES string of the molecule is Cn1ncc(C(=O)O)c1C(=O)N[C@@H](CCC(=O)O)C(=O)O. The van der Waals surface area contributed by atoms with Crippen molar-refractivity contribution >= 4 is 23.8 Å². The Bertz CT molecular complexity index is 593. The van der Waals surface area contributed by atoms with Crippen LogP contribution in [0, 0.1) is 0 Å². The quantitative estimate of drug-likeness (QED) is 0.507. The number of aromatic carboxylic acids is 1. The van der Waals surface area contributed by atoms with Gasteiger partial charge < -0.3 is 20.6 Å². The predicted octanol–water partition coefficient (Wildman–Crippen LogP) is -0.834. The Morgan fingerprint density at radius 2 is 1.90 bits per heavy atom. The summed E-state index contributed by atoms with van der Waals surface area (Å²) in [5.74, 6) is -4.96. The van der Waals surface area contributed by atoms with Gasteiger partial charge in [0.05, 0.1) is 6.20 Å². The van der Waals surface area contributed by atoms with E-state index in [2.05, 4.69) is 10.4 Å². The van der Waals surface area contributed by atoms with Crippen molar-refractivity contribution in [1.82, 2.24) is 15.1 Å². The van der Waals surface area contributed by atoms with Gasteiger partial charge in [-0.1, -0.05) is 0 Å². The van der Waals surface area contributed by atoms with Crippen molar-refractivity contribution in [3.8, 4) is 0 Å². The zero-order valence-corrected chi connectivity index (χ0v) is 10.9. The summed E-state index contributed by atoms with van der Waals surface area (Å²) in [5.41, 5.74) is -0.693. The number of hydrogen-bond acceptors (Lipinski definition) is 5. The van der Waals surface area contributed by atoms with Crippen molar-refractivity contribution in [2.24, 2.45) is 7.05 Å². The normalized spacial score (nSPS) is 11.7. The predicted molar refractivity (Wildman–Crippen MR) is 65.9 cm³/mol. The molecule has 0 bridgehead atoms. The highest BCUT2D eigenvalue weighted by atomic mass is 16.4. The minimum atomic E-state index is -1.44. The Morgan fingerprint density at radius 3 is 2.38 bits per heavy atom. The molecule has 4 N–H and O–H groups in total. The van der Waals surface area contributed by atoms with E-state index in [0.29, 0.717) is 0 Å². The van der Waals surface area contributed by atoms with Gasteiger partial charge in [0, 0.05) is 13.5 Å². The molecule has 21 heavy (non-hydrogen) atoms. The fraction of sp³-hybridized carbons (Fsp3) is 0.364. The van der Waals surface area contributed by atoms with Gasteiger partial charge in [-0.2, -0.15) is 5.10 Å². The number of carbonyl (C=O) groups excluding carboxylic acids is 1. The van der Waals surface area contributed by atoms with Crippen LogP contribution in [0.1, 0.15) is 33.7 Å². The molecule has 1 amide bonds. The van der Waals surface area contributed by atoms with Crippen LogP contribution in [-0.4, -0.2) is 55.0 Å². The first-order chi connectivity index (χ1) is 9.73. The summed E-state index contributed by atoms with van der Waals surface area (Å²) in [6.45, 7) is 0. The number of aryl methyl sites for hydroxylation is 1. The van der Waals surface area contributed by atoms with Crippen molar-refractivity contribution in [2.45, 2.75) is 18.9 Å². The maximum absolute atomic E-state index is 12.0. The van der Waals surface area contributed by atoms with Crippen LogP contribution in [0.25, 0.3) is 0 Å². The van der Waals surface area contributed by atoms with Gasteiger partial charge in [-0.15, -0.1) is 0 Å². The molecule has 10 heteroatoms. The number of aromatic nitrogens is 2. The molecule has 1 heterocycles. The summed E-state index contributed by atoms with van der Waals surface area (Å²) in [5, 5.41) is 32.1. The molecule has 0 radical (unpaired) electrons. The first-order valence-electron chi connectivity index (χ1n) is 5.74. The average Bonchev–Trinajstić information content (AvgIpc) is 2.75. The third-order valence-corrected chi connectivity index (χ3v) is 2.63. The molecule has 1 atom stereocenters. The summed E-state index contributed by atoms with van der Waals surface area (Å²) >= 11 is 0. The van der Waals surface area contributed by atoms with Gasteiger partial charge in [-0.3, -0.25) is 14.3 Å². The van der Waals surface area contributed by atoms with E-state index in [1.165, 1.54) is 7.05 Å². The van der Waals surface area contributed by atoms with Crippen LogP contribution < -0.4 is 5.32 Å². The Morgan fingerprint density at radius 1 is 1.29 bits per heavy atom. The lowest BCUT2D eigenvalue weighted by Crippen LogP contribution is -2.42. The van der Waals surface area contributed by atoms with E-state index in [9.17, 15) is 19.2 Å². The van der Waals surface area contributed by atoms with Crippen LogP contribution in [0.4, 0.5) is 0 Å². The number of amides is 1. The van der Waals surface area contributed by atoms with Crippen LogP contribution in [-0.2, 0) is 16.6 Å². The lowest BCUT2D eigenvalue weighted by Gasteiger charge is -2.13. The second kappa shape index (κ2) is 6.50. The summed E-state index contributed by atoms with van der Waals surface area (Å²) in [4.78, 5) is 44.3. The van der Waals surface area contributed by atoms with E-state index in [0.717, 1.165) is 10.9 Å². The second-order valence-electron chi connectivity index (χ2n) is 4.13. The van der Waals surface area contributed by atoms with E-state index in [1.54, 1.807) is 0 Å². The highest BCUT2D eigenvalue weighted by molar-refractivity contribution is 6.04. The highest BCUT2D eigenvalue weighted by Crippen LogP contribution is 2.09. The first kappa shape index (κ1) is 16.1. The molecule has 0 unspecified atom stereocenters. The standard InChI is InChI=1S/C11H13N3O7/c1-14-8(5(4-12-14)10(18)19)9(17)13-6(11(20)21)2-3-7(15)16/h4,6H,2-3H2,1H3,(H,13,17)(H,15,16)(H,18,19)(H,20,21)/t6-/m0/s1. The van der Waals surface area contributed by atoms with Crippen LogP contribution in [0.2, 0.25) is 0 Å². The van der Waals surface area contributed by atoms with Gasteiger partial charge in [0.15, 0.2) is 0 Å². The monoisotopic (exact) mass is 299 g/mol. The molecule has 1 aromatic heterocycles. The van der Waals surface area contributed by atoms with E-state index in [4.69, 9.17) is 15.3 Å². The minimum absolute atomic E-state index is 0.316. The number of carboxylic acids is 3. The molecule has 0 aliphatic heterocycles. The zero-order chi connectivity index (χ0) is 16.2. The maximum atomic E-state index is 12.0. The molecule has 0 saturated heterocycles. The van der Waals surface area contributed by atoms with Crippen molar-refractivity contribution in [1.29, 1.82) is 0 Å². The van der Waals surface area contributed by atoms with Gasteiger partial charge >= 0.3 is 17.9 Å². The molecule has 0 aliphatic rings. The Kier molecular flexibility index (Phi) is 5.00. The van der Waals surface area contributed by atoms with E-state index >= 15 is 0 Å². The Labute approximate surface area is 118 Å². The van der Waals surface area contributed by atoms with E-state index < -0.39 is 36.3 Å². The van der Waals surface area contributed by atoms with Crippen LogP contribution in [0.3, 0.4) is 0 Å². The molecule has 10 nitrogen and oxygen atoms in total. The molecule has 1 rings (SSSR count). The topological polar surface area (TPSA) is 159 Å². The molecule has 0 fully saturated rings. The Balaban J connectivity index is 2.92. The fourth-order valence-electron chi connectivity index (χ4n) is 1.62. The van der Waals surface area contributed by atoms with Gasteiger partial charge in [-0.05, 0) is 6.42 Å². The van der Waals surface area contributed by atoms with E-state index in [1.807, 2.05) is 0 Å². The average molecular weight is 299 g/mol. The van der Waals surface area contributed by atoms with Gasteiger partial charge in [0.25, 0.3) is 5.91 Å². The number of carboxylic acid groups (broad SMARTS) is 3. The molecular formula is C11H13N3O7. The highest BCUT2D eigenvalue weighted by Gasteiger charge is 2.26. The molecule has 0 spiro atoms. The zero-order valence-electron chi connectivity index (χ0n) is 10.9. The maximum Gasteiger partial charge on any atom is 0.339 e. The lowest BCUT2D eigenvalue weighted by molar-refractivity contribution is -0.140. The van der Waals surface area contributed by atoms with Gasteiger partial charge in [0.1, 0.15) is 17.3 Å². The number of carbonyl (C=O) groups is 4. The summed E-state index contributed by atoms with van der Waals surface area (Å²) in [7, 11) is 1.33. The minimum Gasteiger partial charge on any atom is -0.481 e. The number of nitrogens with zero attached hydrogens (tertiary/aromatic N) is 2. The largest absolute Gasteiger partial charge is 0.481 e.